The molecule has 5 heteroatoms. The predicted molar refractivity (Wildman–Crippen MR) is 39.1 cm³/mol. The van der Waals surface area contributed by atoms with Crippen LogP contribution < -0.4 is 0 Å². The van der Waals surface area contributed by atoms with Gasteiger partial charge in [-0.3, -0.25) is 0 Å². The van der Waals surface area contributed by atoms with Gasteiger partial charge in [-0.2, -0.15) is 9.07 Å². The van der Waals surface area contributed by atoms with E-state index in [4.69, 9.17) is 0 Å². The normalized spacial score (nSPS) is 10.1. The molecule has 1 heterocycles. The lowest BCUT2D eigenvalue weighted by atomic mass is 10.3. The minimum Gasteiger partial charge on any atom is -0.169 e. The quantitative estimate of drug-likeness (QED) is 0.624. The van der Waals surface area contributed by atoms with Gasteiger partial charge in [0.1, 0.15) is 0 Å². The molecule has 0 atom stereocenters. The van der Waals surface area contributed by atoms with Crippen molar-refractivity contribution in [1.82, 2.24) is 20.2 Å². The minimum absolute atomic E-state index is 0.611. The van der Waals surface area contributed by atoms with E-state index in [9.17, 15) is 4.39 Å². The Kier molecular flexibility index (Phi) is 1.55. The van der Waals surface area contributed by atoms with E-state index in [2.05, 4.69) is 15.5 Å². The molecule has 1 aromatic heterocycles. The molecule has 0 saturated carbocycles. The molecule has 0 aliphatic heterocycles. The second kappa shape index (κ2) is 2.69. The molecule has 60 valence electrons. The predicted octanol–water partition coefficient (Wildman–Crippen LogP) is 0.801. The first kappa shape index (κ1) is 6.90. The molecule has 2 rings (SSSR count). The summed E-state index contributed by atoms with van der Waals surface area (Å²) in [4.78, 5) is 0. The number of hydrogen-bond acceptors (Lipinski definition) is 3. The topological polar surface area (TPSA) is 43.6 Å². The van der Waals surface area contributed by atoms with Gasteiger partial charge in [0, 0.05) is 0 Å². The summed E-state index contributed by atoms with van der Waals surface area (Å²) in [6.07, 6.45) is -0.707. The van der Waals surface area contributed by atoms with Gasteiger partial charge < -0.3 is 0 Å². The van der Waals surface area contributed by atoms with Gasteiger partial charge in [-0.05, 0) is 22.6 Å². The highest BCUT2D eigenvalue weighted by atomic mass is 18.2. The van der Waals surface area contributed by atoms with Gasteiger partial charge in [0.2, 0.25) is 0 Å². The zero-order valence-corrected chi connectivity index (χ0v) is 6.05. The number of nitrogens with zero attached hydrogens (tertiary/aromatic N) is 4. The van der Waals surface area contributed by atoms with E-state index < -0.39 is 6.08 Å². The van der Waals surface area contributed by atoms with Crippen molar-refractivity contribution in [3.05, 3.63) is 36.4 Å². The summed E-state index contributed by atoms with van der Waals surface area (Å²) in [5.41, 5.74) is 0.611. The summed E-state index contributed by atoms with van der Waals surface area (Å²) in [6.45, 7) is 0. The second-order valence-electron chi connectivity index (χ2n) is 2.20. The van der Waals surface area contributed by atoms with Crippen LogP contribution in [0.1, 0.15) is 0 Å². The highest BCUT2D eigenvalue weighted by molar-refractivity contribution is 5.28. The van der Waals surface area contributed by atoms with E-state index in [1.807, 2.05) is 6.07 Å². The molecular formula is C7H5FN4. The molecule has 1 aromatic carbocycles. The summed E-state index contributed by atoms with van der Waals surface area (Å²) in [6, 6.07) is 8.86. The number of benzene rings is 1. The third-order valence-electron chi connectivity index (χ3n) is 1.43. The van der Waals surface area contributed by atoms with E-state index in [1.165, 1.54) is 0 Å². The van der Waals surface area contributed by atoms with Gasteiger partial charge in [0.05, 0.1) is 5.69 Å². The highest BCUT2D eigenvalue weighted by Gasteiger charge is 2.04. The minimum atomic E-state index is -0.707. The average molecular weight is 163 g/mol. The number of aromatic nitrogens is 4. The molecule has 0 fully saturated rings. The van der Waals surface area contributed by atoms with E-state index >= 15 is 0 Å². The Morgan fingerprint density at radius 3 is 2.50 bits per heavy atom. The molecule has 4 nitrogen and oxygen atoms in total. The lowest BCUT2D eigenvalue weighted by Gasteiger charge is -1.96. The molecule has 0 bridgehead atoms. The van der Waals surface area contributed by atoms with Crippen molar-refractivity contribution in [2.45, 2.75) is 0 Å². The zero-order valence-electron chi connectivity index (χ0n) is 6.05. The molecule has 0 spiro atoms. The van der Waals surface area contributed by atoms with Crippen LogP contribution in [0.2, 0.25) is 0 Å². The van der Waals surface area contributed by atoms with Gasteiger partial charge in [-0.25, -0.2) is 0 Å². The standard InChI is InChI=1S/C7H5FN4/c8-7-9-10-11-12(7)6-4-2-1-3-5-6/h1-5H/i8-1. The lowest BCUT2D eigenvalue weighted by molar-refractivity contribution is 0.506. The Hall–Kier alpha value is -1.78. The van der Waals surface area contributed by atoms with Crippen LogP contribution in [-0.4, -0.2) is 20.2 Å². The van der Waals surface area contributed by atoms with E-state index in [0.29, 0.717) is 5.69 Å². The van der Waals surface area contributed by atoms with Crippen molar-refractivity contribution >= 4 is 0 Å². The lowest BCUT2D eigenvalue weighted by Crippen LogP contribution is -1.99. The van der Waals surface area contributed by atoms with Gasteiger partial charge in [0.15, 0.2) is 0 Å². The SMILES string of the molecule is [18F]c1nnnn1-c1ccccc1. The number of hydrogen-bond donors (Lipinski definition) is 0. The Labute approximate surface area is 67.6 Å². The van der Waals surface area contributed by atoms with E-state index in [1.54, 1.807) is 24.3 Å². The van der Waals surface area contributed by atoms with Crippen LogP contribution in [-0.2, 0) is 0 Å². The smallest absolute Gasteiger partial charge is 0.169 e. The number of rotatable bonds is 1. The van der Waals surface area contributed by atoms with Crippen LogP contribution in [0.4, 0.5) is 4.39 Å². The van der Waals surface area contributed by atoms with Crippen molar-refractivity contribution in [3.63, 3.8) is 0 Å². The van der Waals surface area contributed by atoms with E-state index in [0.717, 1.165) is 4.68 Å². The third kappa shape index (κ3) is 1.05. The van der Waals surface area contributed by atoms with Crippen LogP contribution in [0.5, 0.6) is 0 Å². The molecule has 2 aromatic rings. The maximum atomic E-state index is 12.8. The number of para-hydroxylation sites is 1. The number of halogens is 1. The molecule has 0 N–H and O–H groups in total. The van der Waals surface area contributed by atoms with Crippen molar-refractivity contribution < 1.29 is 4.39 Å². The molecule has 0 radical (unpaired) electrons. The van der Waals surface area contributed by atoms with Crippen LogP contribution >= 0.6 is 0 Å². The fourth-order valence-corrected chi connectivity index (χ4v) is 0.904. The van der Waals surface area contributed by atoms with Gasteiger partial charge in [-0.15, -0.1) is 0 Å². The molecule has 0 saturated heterocycles. The maximum absolute atomic E-state index is 12.8. The van der Waals surface area contributed by atoms with Crippen molar-refractivity contribution in [2.75, 3.05) is 0 Å². The third-order valence-corrected chi connectivity index (χ3v) is 1.43. The summed E-state index contributed by atoms with van der Waals surface area (Å²) in [5, 5.41) is 9.78. The van der Waals surface area contributed by atoms with Crippen LogP contribution in [0.25, 0.3) is 5.69 Å². The first-order valence-electron chi connectivity index (χ1n) is 3.37. The van der Waals surface area contributed by atoms with Crippen LogP contribution in [0.15, 0.2) is 30.3 Å². The van der Waals surface area contributed by atoms with Crippen molar-refractivity contribution in [3.8, 4) is 5.69 Å². The van der Waals surface area contributed by atoms with Crippen molar-refractivity contribution in [1.29, 1.82) is 0 Å². The van der Waals surface area contributed by atoms with Gasteiger partial charge in [-0.1, -0.05) is 23.3 Å². The molecule has 0 amide bonds. The Morgan fingerprint density at radius 1 is 1.17 bits per heavy atom. The molecule has 0 aliphatic rings. The summed E-state index contributed by atoms with van der Waals surface area (Å²) >= 11 is 0. The molecular weight excluding hydrogens is 158 g/mol. The second-order valence-corrected chi connectivity index (χ2v) is 2.20. The van der Waals surface area contributed by atoms with E-state index in [-0.39, 0.29) is 0 Å². The summed E-state index contributed by atoms with van der Waals surface area (Å²) < 4.78 is 13.8. The van der Waals surface area contributed by atoms with Gasteiger partial charge in [0.25, 0.3) is 0 Å². The first-order chi connectivity index (χ1) is 5.88. The largest absolute Gasteiger partial charge is 0.331 e. The first-order valence-corrected chi connectivity index (χ1v) is 3.37. The van der Waals surface area contributed by atoms with Gasteiger partial charge >= 0.3 is 6.08 Å². The molecule has 0 unspecified atom stereocenters. The molecule has 0 aliphatic carbocycles. The monoisotopic (exact) mass is 163 g/mol. The fourth-order valence-electron chi connectivity index (χ4n) is 0.904. The van der Waals surface area contributed by atoms with Crippen LogP contribution in [0, 0.1) is 6.08 Å². The van der Waals surface area contributed by atoms with Crippen LogP contribution in [0.3, 0.4) is 0 Å². The number of tetrazole rings is 1. The maximum Gasteiger partial charge on any atom is 0.331 e. The highest BCUT2D eigenvalue weighted by Crippen LogP contribution is 2.04. The molecule has 12 heavy (non-hydrogen) atoms. The Morgan fingerprint density at radius 2 is 1.92 bits per heavy atom. The Balaban J connectivity index is 2.51. The Bertz CT molecular complexity index is 370. The fraction of sp³-hybridized carbons (Fsp3) is 0. The van der Waals surface area contributed by atoms with Crippen molar-refractivity contribution in [2.24, 2.45) is 0 Å². The zero-order chi connectivity index (χ0) is 8.39. The summed E-state index contributed by atoms with van der Waals surface area (Å²) in [5.74, 6) is 0. The average Bonchev–Trinajstić information content (AvgIpc) is 2.53. The summed E-state index contributed by atoms with van der Waals surface area (Å²) in [7, 11) is 0.